The molecule has 1 N–H and O–H groups in total. The molecule has 164 valence electrons. The third-order valence-corrected chi connectivity index (χ3v) is 6.13. The van der Waals surface area contributed by atoms with Gasteiger partial charge in [-0.2, -0.15) is 0 Å². The first-order valence-electron chi connectivity index (χ1n) is 9.75. The largest absolute Gasteiger partial charge is 0.493 e. The Morgan fingerprint density at radius 2 is 1.87 bits per heavy atom. The van der Waals surface area contributed by atoms with E-state index in [4.69, 9.17) is 18.9 Å². The molecule has 8 nitrogen and oxygen atoms in total. The molecule has 2 aliphatic heterocycles. The van der Waals surface area contributed by atoms with Crippen LogP contribution in [0.3, 0.4) is 0 Å². The third-order valence-electron chi connectivity index (χ3n) is 5.57. The van der Waals surface area contributed by atoms with Crippen LogP contribution in [-0.4, -0.2) is 54.8 Å². The van der Waals surface area contributed by atoms with Gasteiger partial charge in [-0.25, -0.2) is 0 Å². The fourth-order valence-corrected chi connectivity index (χ4v) is 4.43. The lowest BCUT2D eigenvalue weighted by molar-refractivity contribution is -0.140. The fourth-order valence-electron chi connectivity index (χ4n) is 4.18. The van der Waals surface area contributed by atoms with E-state index in [-0.39, 0.29) is 12.7 Å². The van der Waals surface area contributed by atoms with Crippen molar-refractivity contribution in [1.29, 1.82) is 0 Å². The number of fused-ring (bicyclic) bond motifs is 2. The Morgan fingerprint density at radius 3 is 2.55 bits per heavy atom. The smallest absolute Gasteiger partial charge is 0.313 e. The van der Waals surface area contributed by atoms with Gasteiger partial charge in [-0.3, -0.25) is 9.59 Å². The molecule has 1 amide bonds. The summed E-state index contributed by atoms with van der Waals surface area (Å²) in [5, 5.41) is 10.9. The van der Waals surface area contributed by atoms with Gasteiger partial charge in [-0.1, -0.05) is 22.0 Å². The van der Waals surface area contributed by atoms with Crippen molar-refractivity contribution in [3.8, 4) is 23.0 Å². The second-order valence-corrected chi connectivity index (χ2v) is 8.00. The number of carboxylic acid groups (broad SMARTS) is 1. The van der Waals surface area contributed by atoms with Crippen molar-refractivity contribution in [2.24, 2.45) is 0 Å². The average Bonchev–Trinajstić information content (AvgIpc) is 3.25. The summed E-state index contributed by atoms with van der Waals surface area (Å²) in [6, 6.07) is 7.71. The number of aliphatic carboxylic acids is 1. The summed E-state index contributed by atoms with van der Waals surface area (Å²) < 4.78 is 21.6. The van der Waals surface area contributed by atoms with Gasteiger partial charge < -0.3 is 29.0 Å². The quantitative estimate of drug-likeness (QED) is 0.591. The number of ether oxygens (including phenoxy) is 4. The zero-order valence-corrected chi connectivity index (χ0v) is 18.7. The highest BCUT2D eigenvalue weighted by molar-refractivity contribution is 9.09. The van der Waals surface area contributed by atoms with E-state index in [1.54, 1.807) is 35.2 Å². The molecule has 2 aromatic rings. The van der Waals surface area contributed by atoms with Gasteiger partial charge in [0, 0.05) is 17.4 Å². The summed E-state index contributed by atoms with van der Waals surface area (Å²) in [6.45, 7) is 0.499. The number of methoxy groups -OCH3 is 2. The average molecular weight is 492 g/mol. The molecule has 0 saturated heterocycles. The Bertz CT molecular complexity index is 1030. The summed E-state index contributed by atoms with van der Waals surface area (Å²) >= 11 is 3.40. The number of hydrogen-bond acceptors (Lipinski definition) is 6. The van der Waals surface area contributed by atoms with Crippen LogP contribution in [0.25, 0.3) is 0 Å². The van der Waals surface area contributed by atoms with E-state index < -0.39 is 17.9 Å². The lowest BCUT2D eigenvalue weighted by atomic mass is 9.79. The predicted octanol–water partition coefficient (Wildman–Crippen LogP) is 3.58. The lowest BCUT2D eigenvalue weighted by Crippen LogP contribution is -2.45. The molecule has 0 fully saturated rings. The molecule has 0 aromatic heterocycles. The molecular formula is C22H22BrNO7. The predicted molar refractivity (Wildman–Crippen MR) is 115 cm³/mol. The van der Waals surface area contributed by atoms with E-state index >= 15 is 0 Å². The van der Waals surface area contributed by atoms with Gasteiger partial charge in [0.2, 0.25) is 6.79 Å². The van der Waals surface area contributed by atoms with Crippen molar-refractivity contribution in [2.45, 2.75) is 18.4 Å². The van der Waals surface area contributed by atoms with Crippen molar-refractivity contribution in [1.82, 2.24) is 4.90 Å². The van der Waals surface area contributed by atoms with Crippen LogP contribution in [0.2, 0.25) is 0 Å². The van der Waals surface area contributed by atoms with Gasteiger partial charge in [-0.05, 0) is 41.8 Å². The number of halogens is 1. The Hall–Kier alpha value is -2.94. The number of carboxylic acids is 1. The molecule has 2 aromatic carbocycles. The first-order chi connectivity index (χ1) is 15.0. The standard InChI is InChI=1S/C22H22BrNO7/c1-28-16-9-13-14(10-17(16)29-2)21(25)24(7-3-6-23)20(19(13)22(26)27)12-4-5-15-18(8-12)31-11-30-15/h4-5,8-10,19-20H,3,6-7,11H2,1-2H3,(H,26,27)/t19-,20-/m0/s1. The molecule has 31 heavy (non-hydrogen) atoms. The maximum atomic E-state index is 13.5. The molecule has 0 spiro atoms. The number of amides is 1. The number of rotatable bonds is 7. The summed E-state index contributed by atoms with van der Waals surface area (Å²) in [5.41, 5.74) is 1.37. The van der Waals surface area contributed by atoms with Crippen molar-refractivity contribution in [3.63, 3.8) is 0 Å². The van der Waals surface area contributed by atoms with Crippen LogP contribution in [0, 0.1) is 0 Å². The molecule has 0 unspecified atom stereocenters. The Kier molecular flexibility index (Phi) is 5.95. The molecule has 4 rings (SSSR count). The van der Waals surface area contributed by atoms with Crippen molar-refractivity contribution in [2.75, 3.05) is 32.9 Å². The topological polar surface area (TPSA) is 94.5 Å². The van der Waals surface area contributed by atoms with Crippen LogP contribution < -0.4 is 18.9 Å². The van der Waals surface area contributed by atoms with E-state index in [1.165, 1.54) is 14.2 Å². The highest BCUT2D eigenvalue weighted by atomic mass is 79.9. The van der Waals surface area contributed by atoms with E-state index in [0.717, 1.165) is 0 Å². The third kappa shape index (κ3) is 3.67. The maximum Gasteiger partial charge on any atom is 0.313 e. The van der Waals surface area contributed by atoms with Crippen molar-refractivity contribution in [3.05, 3.63) is 47.0 Å². The SMILES string of the molecule is COc1cc2c(cc1OC)[C@H](C(=O)O)[C@H](c1ccc3c(c1)OCO3)N(CCCBr)C2=O. The minimum atomic E-state index is -1.03. The van der Waals surface area contributed by atoms with Crippen molar-refractivity contribution < 1.29 is 33.6 Å². The number of carbonyl (C=O) groups excluding carboxylic acids is 1. The fraction of sp³-hybridized carbons (Fsp3) is 0.364. The second kappa shape index (κ2) is 8.66. The summed E-state index contributed by atoms with van der Waals surface area (Å²) in [6.07, 6.45) is 0.668. The molecule has 0 aliphatic carbocycles. The van der Waals surface area contributed by atoms with Crippen LogP contribution in [-0.2, 0) is 4.79 Å². The monoisotopic (exact) mass is 491 g/mol. The van der Waals surface area contributed by atoms with E-state index in [2.05, 4.69) is 15.9 Å². The summed E-state index contributed by atoms with van der Waals surface area (Å²) in [4.78, 5) is 27.7. The lowest BCUT2D eigenvalue weighted by Gasteiger charge is -2.41. The van der Waals surface area contributed by atoms with Gasteiger partial charge >= 0.3 is 5.97 Å². The highest BCUT2D eigenvalue weighted by Gasteiger charge is 2.45. The van der Waals surface area contributed by atoms with Crippen molar-refractivity contribution >= 4 is 27.8 Å². The molecule has 2 atom stereocenters. The Morgan fingerprint density at radius 1 is 1.16 bits per heavy atom. The maximum absolute atomic E-state index is 13.5. The zero-order valence-electron chi connectivity index (χ0n) is 17.1. The van der Waals surface area contributed by atoms with Gasteiger partial charge in [0.25, 0.3) is 5.91 Å². The Labute approximate surface area is 187 Å². The van der Waals surface area contributed by atoms with E-state index in [0.29, 0.717) is 58.0 Å². The van der Waals surface area contributed by atoms with Crippen LogP contribution in [0.5, 0.6) is 23.0 Å². The van der Waals surface area contributed by atoms with Gasteiger partial charge in [0.15, 0.2) is 23.0 Å². The normalized spacial score (nSPS) is 19.2. The molecule has 2 aliphatic rings. The van der Waals surface area contributed by atoms with E-state index in [9.17, 15) is 14.7 Å². The molecule has 0 bridgehead atoms. The minimum absolute atomic E-state index is 0.109. The summed E-state index contributed by atoms with van der Waals surface area (Å²) in [7, 11) is 2.95. The molecular weight excluding hydrogens is 470 g/mol. The number of hydrogen-bond donors (Lipinski definition) is 1. The molecule has 9 heteroatoms. The van der Waals surface area contributed by atoms with Crippen LogP contribution >= 0.6 is 15.9 Å². The highest BCUT2D eigenvalue weighted by Crippen LogP contribution is 2.47. The zero-order chi connectivity index (χ0) is 22.1. The Balaban J connectivity index is 1.91. The van der Waals surface area contributed by atoms with Crippen LogP contribution in [0.1, 0.15) is 39.9 Å². The first-order valence-corrected chi connectivity index (χ1v) is 10.9. The number of alkyl halides is 1. The number of benzene rings is 2. The van der Waals surface area contributed by atoms with Crippen LogP contribution in [0.4, 0.5) is 0 Å². The molecule has 2 heterocycles. The van der Waals surface area contributed by atoms with Crippen LogP contribution in [0.15, 0.2) is 30.3 Å². The molecule has 0 radical (unpaired) electrons. The van der Waals surface area contributed by atoms with Gasteiger partial charge in [0.1, 0.15) is 5.92 Å². The van der Waals surface area contributed by atoms with E-state index in [1.807, 2.05) is 0 Å². The molecule has 0 saturated carbocycles. The first kappa shape index (κ1) is 21.3. The number of nitrogens with zero attached hydrogens (tertiary/aromatic N) is 1. The van der Waals surface area contributed by atoms with Gasteiger partial charge in [-0.15, -0.1) is 0 Å². The minimum Gasteiger partial charge on any atom is -0.493 e. The van der Waals surface area contributed by atoms with Gasteiger partial charge in [0.05, 0.1) is 20.3 Å². The second-order valence-electron chi connectivity index (χ2n) is 7.21. The number of carbonyl (C=O) groups is 2. The summed E-state index contributed by atoms with van der Waals surface area (Å²) in [5.74, 6) is -0.406.